The van der Waals surface area contributed by atoms with Gasteiger partial charge in [-0.05, 0) is 26.8 Å². The second kappa shape index (κ2) is 4.76. The van der Waals surface area contributed by atoms with Gasteiger partial charge in [0, 0.05) is 10.9 Å². The van der Waals surface area contributed by atoms with Crippen molar-refractivity contribution < 1.29 is 14.7 Å². The predicted molar refractivity (Wildman–Crippen MR) is 63.0 cm³/mol. The molecule has 0 atom stereocenters. The topological polar surface area (TPSA) is 66.4 Å². The normalized spacial score (nSPS) is 11.2. The summed E-state index contributed by atoms with van der Waals surface area (Å²) in [7, 11) is 0. The van der Waals surface area contributed by atoms with Gasteiger partial charge in [-0.3, -0.25) is 9.59 Å². The van der Waals surface area contributed by atoms with Crippen molar-refractivity contribution in [1.29, 1.82) is 0 Å². The van der Waals surface area contributed by atoms with Crippen LogP contribution in [-0.4, -0.2) is 28.9 Å². The summed E-state index contributed by atoms with van der Waals surface area (Å²) in [6.45, 7) is 4.78. The fourth-order valence-corrected chi connectivity index (χ4v) is 1.89. The van der Waals surface area contributed by atoms with Gasteiger partial charge in [0.05, 0.1) is 17.0 Å². The highest BCUT2D eigenvalue weighted by molar-refractivity contribution is 7.12. The number of thiophene rings is 1. The highest BCUT2D eigenvalue weighted by atomic mass is 32.1. The van der Waals surface area contributed by atoms with Gasteiger partial charge in [0.2, 0.25) is 0 Å². The molecule has 0 radical (unpaired) electrons. The van der Waals surface area contributed by atoms with Crippen LogP contribution in [0.4, 0.5) is 0 Å². The molecule has 0 aromatic carbocycles. The fourth-order valence-electron chi connectivity index (χ4n) is 1.05. The van der Waals surface area contributed by atoms with Crippen LogP contribution in [0.1, 0.15) is 40.8 Å². The molecule has 1 rings (SSSR count). The van der Waals surface area contributed by atoms with Gasteiger partial charge in [-0.1, -0.05) is 0 Å². The fraction of sp³-hybridized carbons (Fsp3) is 0.455. The van der Waals surface area contributed by atoms with Gasteiger partial charge < -0.3 is 10.4 Å². The van der Waals surface area contributed by atoms with E-state index in [1.807, 2.05) is 0 Å². The molecule has 0 aliphatic heterocycles. The molecule has 2 N–H and O–H groups in total. The smallest absolute Gasteiger partial charge is 0.261 e. The molecule has 0 saturated carbocycles. The zero-order valence-electron chi connectivity index (χ0n) is 9.53. The quantitative estimate of drug-likeness (QED) is 0.784. The third kappa shape index (κ3) is 3.15. The lowest BCUT2D eigenvalue weighted by molar-refractivity contribution is 0.0873. The Morgan fingerprint density at radius 3 is 2.56 bits per heavy atom. The summed E-state index contributed by atoms with van der Waals surface area (Å²) in [6.07, 6.45) is 0. The Labute approximate surface area is 98.3 Å². The molecule has 0 fully saturated rings. The zero-order valence-corrected chi connectivity index (χ0v) is 10.4. The second-order valence-corrected chi connectivity index (χ2v) is 5.16. The highest BCUT2D eigenvalue weighted by Crippen LogP contribution is 2.16. The van der Waals surface area contributed by atoms with Gasteiger partial charge in [-0.25, -0.2) is 0 Å². The molecule has 0 aliphatic rings. The summed E-state index contributed by atoms with van der Waals surface area (Å²) < 4.78 is 0. The van der Waals surface area contributed by atoms with E-state index < -0.39 is 5.54 Å². The van der Waals surface area contributed by atoms with Crippen molar-refractivity contribution in [1.82, 2.24) is 5.32 Å². The van der Waals surface area contributed by atoms with Gasteiger partial charge in [-0.2, -0.15) is 0 Å². The molecule has 0 saturated heterocycles. The molecule has 0 bridgehead atoms. The van der Waals surface area contributed by atoms with Crippen molar-refractivity contribution in [3.63, 3.8) is 0 Å². The molecule has 4 nitrogen and oxygen atoms in total. The van der Waals surface area contributed by atoms with Crippen molar-refractivity contribution in [2.24, 2.45) is 0 Å². The molecule has 0 unspecified atom stereocenters. The zero-order chi connectivity index (χ0) is 12.3. The van der Waals surface area contributed by atoms with E-state index in [1.165, 1.54) is 18.3 Å². The summed E-state index contributed by atoms with van der Waals surface area (Å²) in [4.78, 5) is 23.3. The first kappa shape index (κ1) is 12.9. The van der Waals surface area contributed by atoms with Gasteiger partial charge in [0.25, 0.3) is 5.91 Å². The van der Waals surface area contributed by atoms with Crippen LogP contribution in [0.5, 0.6) is 0 Å². The lowest BCUT2D eigenvalue weighted by Crippen LogP contribution is -2.46. The van der Waals surface area contributed by atoms with E-state index >= 15 is 0 Å². The maximum absolute atomic E-state index is 11.7. The minimum Gasteiger partial charge on any atom is -0.394 e. The van der Waals surface area contributed by atoms with E-state index in [9.17, 15) is 9.59 Å². The minimum atomic E-state index is -0.655. The first-order valence-electron chi connectivity index (χ1n) is 4.88. The van der Waals surface area contributed by atoms with Crippen LogP contribution in [-0.2, 0) is 0 Å². The predicted octanol–water partition coefficient (Wildman–Crippen LogP) is 1.45. The van der Waals surface area contributed by atoms with E-state index in [-0.39, 0.29) is 18.3 Å². The number of nitrogens with one attached hydrogen (secondary N) is 1. The van der Waals surface area contributed by atoms with Crippen LogP contribution < -0.4 is 5.32 Å². The van der Waals surface area contributed by atoms with Crippen LogP contribution >= 0.6 is 11.3 Å². The Kier molecular flexibility index (Phi) is 3.83. The molecule has 16 heavy (non-hydrogen) atoms. The summed E-state index contributed by atoms with van der Waals surface area (Å²) in [5.41, 5.74) is -0.116. The van der Waals surface area contributed by atoms with Crippen molar-refractivity contribution in [3.8, 4) is 0 Å². The molecule has 1 aromatic heterocycles. The number of amides is 1. The first-order valence-corrected chi connectivity index (χ1v) is 5.76. The molecule has 1 heterocycles. The van der Waals surface area contributed by atoms with Crippen LogP contribution in [0.2, 0.25) is 0 Å². The summed E-state index contributed by atoms with van der Waals surface area (Å²) in [5.74, 6) is -0.326. The first-order chi connectivity index (χ1) is 7.35. The molecule has 1 aromatic rings. The molecule has 0 spiro atoms. The molecule has 0 aliphatic carbocycles. The average Bonchev–Trinajstić information content (AvgIpc) is 2.66. The molecule has 5 heteroatoms. The van der Waals surface area contributed by atoms with Crippen molar-refractivity contribution in [2.45, 2.75) is 26.3 Å². The third-order valence-electron chi connectivity index (χ3n) is 2.08. The van der Waals surface area contributed by atoms with E-state index in [0.717, 1.165) is 0 Å². The number of carbonyl (C=O) groups is 2. The van der Waals surface area contributed by atoms with Crippen LogP contribution in [0, 0.1) is 0 Å². The van der Waals surface area contributed by atoms with Gasteiger partial charge in [0.15, 0.2) is 5.78 Å². The maximum Gasteiger partial charge on any atom is 0.261 e. The summed E-state index contributed by atoms with van der Waals surface area (Å²) in [5, 5.41) is 13.4. The number of carbonyl (C=O) groups excluding carboxylic acids is 2. The van der Waals surface area contributed by atoms with Gasteiger partial charge >= 0.3 is 0 Å². The average molecular weight is 241 g/mol. The Morgan fingerprint density at radius 1 is 1.50 bits per heavy atom. The number of aliphatic hydroxyl groups excluding tert-OH is 1. The SMILES string of the molecule is CC(=O)c1csc(C(=O)NC(C)(C)CO)c1. The van der Waals surface area contributed by atoms with Crippen molar-refractivity contribution in [2.75, 3.05) is 6.61 Å². The molecular formula is C11H15NO3S. The molecular weight excluding hydrogens is 226 g/mol. The van der Waals surface area contributed by atoms with Gasteiger partial charge in [-0.15, -0.1) is 11.3 Å². The Hall–Kier alpha value is -1.20. The maximum atomic E-state index is 11.7. The third-order valence-corrected chi connectivity index (χ3v) is 3.01. The lowest BCUT2D eigenvalue weighted by Gasteiger charge is -2.22. The number of hydrogen-bond acceptors (Lipinski definition) is 4. The highest BCUT2D eigenvalue weighted by Gasteiger charge is 2.21. The number of Topliss-reactive ketones (excluding diaryl/α,β-unsaturated/α-hetero) is 1. The molecule has 88 valence electrons. The van der Waals surface area contributed by atoms with E-state index in [0.29, 0.717) is 10.4 Å². The van der Waals surface area contributed by atoms with Crippen LogP contribution in [0.3, 0.4) is 0 Å². The van der Waals surface area contributed by atoms with Crippen molar-refractivity contribution >= 4 is 23.0 Å². The van der Waals surface area contributed by atoms with Crippen LogP contribution in [0.25, 0.3) is 0 Å². The standard InChI is InChI=1S/C11H15NO3S/c1-7(14)8-4-9(16-5-8)10(15)12-11(2,3)6-13/h4-5,13H,6H2,1-3H3,(H,12,15). The minimum absolute atomic E-state index is 0.0586. The monoisotopic (exact) mass is 241 g/mol. The largest absolute Gasteiger partial charge is 0.394 e. The van der Waals surface area contributed by atoms with E-state index in [2.05, 4.69) is 5.32 Å². The number of ketones is 1. The van der Waals surface area contributed by atoms with Crippen molar-refractivity contribution in [3.05, 3.63) is 21.9 Å². The van der Waals surface area contributed by atoms with Gasteiger partial charge in [0.1, 0.15) is 0 Å². The number of aliphatic hydroxyl groups is 1. The Morgan fingerprint density at radius 2 is 2.12 bits per heavy atom. The lowest BCUT2D eigenvalue weighted by atomic mass is 10.1. The Balaban J connectivity index is 2.77. The number of hydrogen-bond donors (Lipinski definition) is 2. The van der Waals surface area contributed by atoms with Crippen LogP contribution in [0.15, 0.2) is 11.4 Å². The molecule has 1 amide bonds. The number of rotatable bonds is 4. The summed E-state index contributed by atoms with van der Waals surface area (Å²) >= 11 is 1.22. The second-order valence-electron chi connectivity index (χ2n) is 4.25. The van der Waals surface area contributed by atoms with E-state index in [4.69, 9.17) is 5.11 Å². The summed E-state index contributed by atoms with van der Waals surface area (Å²) in [6, 6.07) is 1.57. The Bertz CT molecular complexity index is 409. The van der Waals surface area contributed by atoms with E-state index in [1.54, 1.807) is 25.3 Å².